The molecule has 10 nitrogen and oxygen atoms in total. The van der Waals surface area contributed by atoms with Crippen LogP contribution >= 0.6 is 0 Å². The van der Waals surface area contributed by atoms with Crippen LogP contribution in [-0.2, 0) is 15.3 Å². The van der Waals surface area contributed by atoms with E-state index in [1.165, 1.54) is 26.2 Å². The average Bonchev–Trinajstić information content (AvgIpc) is 3.56. The van der Waals surface area contributed by atoms with E-state index in [4.69, 9.17) is 18.9 Å². The summed E-state index contributed by atoms with van der Waals surface area (Å²) in [6.07, 6.45) is -5.67. The Morgan fingerprint density at radius 1 is 0.926 bits per heavy atom. The van der Waals surface area contributed by atoms with Crippen LogP contribution in [0.25, 0.3) is 10.4 Å². The summed E-state index contributed by atoms with van der Waals surface area (Å²) in [6.45, 7) is 8.65. The molecule has 0 radical (unpaired) electrons. The Hall–Kier alpha value is -4.85. The number of aliphatic imine (C=N–C) groups is 1. The lowest BCUT2D eigenvalue weighted by Gasteiger charge is -2.48. The van der Waals surface area contributed by atoms with Gasteiger partial charge in [-0.3, -0.25) is 0 Å². The van der Waals surface area contributed by atoms with Crippen LogP contribution in [0.5, 0.6) is 5.75 Å². The number of hydrogen-bond donors (Lipinski definition) is 3. The molecule has 1 aliphatic carbocycles. The van der Waals surface area contributed by atoms with E-state index in [0.717, 1.165) is 22.5 Å². The van der Waals surface area contributed by atoms with Crippen LogP contribution < -0.4 is 20.4 Å². The molecule has 1 unspecified atom stereocenters. The van der Waals surface area contributed by atoms with Crippen LogP contribution in [0.15, 0.2) is 119 Å². The summed E-state index contributed by atoms with van der Waals surface area (Å²) in [6, 6.07) is 27.8. The Kier molecular flexibility index (Phi) is 10.1. The molecule has 0 saturated heterocycles. The van der Waals surface area contributed by atoms with E-state index in [2.05, 4.69) is 36.1 Å². The zero-order valence-corrected chi connectivity index (χ0v) is 31.9. The minimum Gasteiger partial charge on any atom is -0.497 e. The first-order valence-electron chi connectivity index (χ1n) is 17.5. The number of methoxy groups -OCH3 is 1. The van der Waals surface area contributed by atoms with Gasteiger partial charge in [0.25, 0.3) is 8.32 Å². The fraction of sp³-hybridized carbons (Fsp3) is 0.375. The highest BCUT2D eigenvalue weighted by molar-refractivity contribution is 6.99. The average molecular weight is 760 g/mol. The predicted octanol–water partition coefficient (Wildman–Crippen LogP) is 6.85. The number of nitrogens with one attached hydrogen (secondary N) is 1. The molecular weight excluding hydrogens is 716 g/mol. The van der Waals surface area contributed by atoms with Gasteiger partial charge < -0.3 is 29.4 Å². The highest BCUT2D eigenvalue weighted by Crippen LogP contribution is 2.56. The Morgan fingerprint density at radius 2 is 1.52 bits per heavy atom. The van der Waals surface area contributed by atoms with Gasteiger partial charge in [0, 0.05) is 16.2 Å². The van der Waals surface area contributed by atoms with Gasteiger partial charge in [0.1, 0.15) is 28.6 Å². The standard InChI is InChI=1S/C40H44F3N5O5Si/c1-26-39(46-35(53-26)27-20-22-30(51-6)23-21-27)34(47-48-44)33(45-29-15-13-14-28(24-29)40(41,42)43)38(50,37(39,5)49)25-52-54(36(2,3)4,31-16-9-7-10-17-31)32-18-11-8-12-19-32/h7-24,26,33-34,45,49-50H,25H2,1-6H3/t26-,33-,34?,37-,38+,39-/m0/s1. The van der Waals surface area contributed by atoms with E-state index >= 15 is 0 Å². The Morgan fingerprint density at radius 3 is 2.04 bits per heavy atom. The zero-order chi connectivity index (χ0) is 39.2. The van der Waals surface area contributed by atoms with E-state index in [1.807, 2.05) is 60.7 Å². The first kappa shape index (κ1) is 38.9. The fourth-order valence-corrected chi connectivity index (χ4v) is 12.8. The van der Waals surface area contributed by atoms with Crippen molar-refractivity contribution in [3.8, 4) is 5.75 Å². The molecule has 2 aliphatic rings. The Balaban J connectivity index is 1.57. The lowest BCUT2D eigenvalue weighted by molar-refractivity contribution is -0.171. The number of nitrogens with zero attached hydrogens (tertiary/aromatic N) is 4. The summed E-state index contributed by atoms with van der Waals surface area (Å²) in [5.41, 5.74) is 3.06. The second-order valence-corrected chi connectivity index (χ2v) is 19.3. The molecule has 1 saturated carbocycles. The highest BCUT2D eigenvalue weighted by atomic mass is 28.4. The molecule has 1 heterocycles. The summed E-state index contributed by atoms with van der Waals surface area (Å²) < 4.78 is 60.6. The minimum absolute atomic E-state index is 0.0318. The number of alkyl halides is 3. The van der Waals surface area contributed by atoms with Crippen molar-refractivity contribution in [3.05, 3.63) is 131 Å². The van der Waals surface area contributed by atoms with Crippen molar-refractivity contribution in [3.63, 3.8) is 0 Å². The predicted molar refractivity (Wildman–Crippen MR) is 204 cm³/mol. The summed E-state index contributed by atoms with van der Waals surface area (Å²) in [7, 11) is -1.86. The quantitative estimate of drug-likeness (QED) is 0.0700. The fourth-order valence-electron chi connectivity index (χ4n) is 8.26. The number of anilines is 1. The lowest BCUT2D eigenvalue weighted by Crippen LogP contribution is -2.71. The van der Waals surface area contributed by atoms with Crippen LogP contribution in [0.4, 0.5) is 18.9 Å². The first-order valence-corrected chi connectivity index (χ1v) is 19.5. The minimum atomic E-state index is -4.67. The van der Waals surface area contributed by atoms with E-state index in [0.29, 0.717) is 11.3 Å². The van der Waals surface area contributed by atoms with Crippen molar-refractivity contribution in [1.82, 2.24) is 0 Å². The second-order valence-electron chi connectivity index (χ2n) is 15.0. The topological polar surface area (TPSA) is 141 Å². The monoisotopic (exact) mass is 759 g/mol. The Labute approximate surface area is 313 Å². The van der Waals surface area contributed by atoms with Gasteiger partial charge in [-0.25, -0.2) is 4.99 Å². The van der Waals surface area contributed by atoms with Gasteiger partial charge in [0.2, 0.25) is 5.90 Å². The van der Waals surface area contributed by atoms with Crippen molar-refractivity contribution < 1.29 is 37.3 Å². The zero-order valence-electron chi connectivity index (χ0n) is 30.9. The van der Waals surface area contributed by atoms with Gasteiger partial charge in [0.05, 0.1) is 31.4 Å². The van der Waals surface area contributed by atoms with E-state index < -0.39 is 66.6 Å². The lowest BCUT2D eigenvalue weighted by atomic mass is 9.74. The molecule has 0 amide bonds. The van der Waals surface area contributed by atoms with Gasteiger partial charge in [-0.1, -0.05) is 92.6 Å². The largest absolute Gasteiger partial charge is 0.497 e. The molecule has 0 aromatic heterocycles. The smallest absolute Gasteiger partial charge is 0.416 e. The molecule has 4 aromatic carbocycles. The van der Waals surface area contributed by atoms with Crippen LogP contribution in [-0.4, -0.2) is 73.1 Å². The molecule has 3 N–H and O–H groups in total. The summed E-state index contributed by atoms with van der Waals surface area (Å²) in [4.78, 5) is 8.07. The van der Waals surface area contributed by atoms with Crippen molar-refractivity contribution in [2.24, 2.45) is 10.1 Å². The van der Waals surface area contributed by atoms with Crippen LogP contribution in [0.2, 0.25) is 5.04 Å². The van der Waals surface area contributed by atoms with E-state index in [9.17, 15) is 28.9 Å². The number of benzene rings is 4. The summed E-state index contributed by atoms with van der Waals surface area (Å²) >= 11 is 0. The molecule has 6 rings (SSSR count). The maximum Gasteiger partial charge on any atom is 0.416 e. The molecule has 0 bridgehead atoms. The van der Waals surface area contributed by atoms with Crippen LogP contribution in [0, 0.1) is 0 Å². The summed E-state index contributed by atoms with van der Waals surface area (Å²) in [5.74, 6) is 0.693. The van der Waals surface area contributed by atoms with Crippen molar-refractivity contribution in [2.75, 3.05) is 19.0 Å². The molecular formula is C40H44F3N5O5Si. The Bertz CT molecular complexity index is 2000. The van der Waals surface area contributed by atoms with Gasteiger partial charge in [-0.05, 0) is 77.3 Å². The van der Waals surface area contributed by atoms with Crippen molar-refractivity contribution in [1.29, 1.82) is 0 Å². The molecule has 284 valence electrons. The third-order valence-corrected chi connectivity index (χ3v) is 16.0. The number of halogens is 3. The third-order valence-electron chi connectivity index (χ3n) is 11.0. The SMILES string of the molecule is COc1ccc(C2=N[C@]3(C(N=[N+]=[N-])[C@H](Nc4cccc(C(F)(F)F)c4)[C@](O)(CO[Si](c4ccccc4)(c4ccccc4)C(C)(C)C)[C@]3(C)O)[C@H](C)O2)cc1. The number of ether oxygens (including phenoxy) is 2. The normalized spacial score (nSPS) is 26.9. The van der Waals surface area contributed by atoms with Crippen LogP contribution in [0.1, 0.15) is 45.7 Å². The van der Waals surface area contributed by atoms with E-state index in [1.54, 1.807) is 31.2 Å². The second kappa shape index (κ2) is 14.1. The maximum absolute atomic E-state index is 13.9. The van der Waals surface area contributed by atoms with E-state index in [-0.39, 0.29) is 11.6 Å². The maximum atomic E-state index is 13.9. The molecule has 1 fully saturated rings. The molecule has 14 heteroatoms. The number of rotatable bonds is 10. The van der Waals surface area contributed by atoms with Crippen molar-refractivity contribution >= 4 is 30.3 Å². The molecule has 6 atom stereocenters. The highest BCUT2D eigenvalue weighted by Gasteiger charge is 2.78. The van der Waals surface area contributed by atoms with Gasteiger partial charge in [0.15, 0.2) is 0 Å². The molecule has 4 aromatic rings. The van der Waals surface area contributed by atoms with Gasteiger partial charge in [-0.2, -0.15) is 13.2 Å². The number of aliphatic hydroxyl groups is 2. The first-order chi connectivity index (χ1) is 25.5. The molecule has 1 aliphatic heterocycles. The molecule has 1 spiro atoms. The number of azide groups is 1. The van der Waals surface area contributed by atoms with Crippen molar-refractivity contribution in [2.45, 2.75) is 80.8 Å². The summed E-state index contributed by atoms with van der Waals surface area (Å²) in [5, 5.41) is 34.7. The molecule has 54 heavy (non-hydrogen) atoms. The van der Waals surface area contributed by atoms with Gasteiger partial charge in [-0.15, -0.1) is 0 Å². The number of hydrogen-bond acceptors (Lipinski definition) is 8. The van der Waals surface area contributed by atoms with Crippen LogP contribution in [0.3, 0.4) is 0 Å². The third kappa shape index (κ3) is 6.21. The van der Waals surface area contributed by atoms with Gasteiger partial charge >= 0.3 is 6.18 Å².